The van der Waals surface area contributed by atoms with E-state index in [0.717, 1.165) is 11.3 Å². The molecule has 0 bridgehead atoms. The number of methoxy groups -OCH3 is 1. The molecule has 0 aliphatic carbocycles. The molecule has 12 nitrogen and oxygen atoms in total. The zero-order valence-corrected chi connectivity index (χ0v) is 25.0. The minimum Gasteiger partial charge on any atom is -0.479 e. The van der Waals surface area contributed by atoms with Gasteiger partial charge in [0.25, 0.3) is 5.69 Å². The van der Waals surface area contributed by atoms with Crippen LogP contribution in [0.3, 0.4) is 0 Å². The Morgan fingerprint density at radius 3 is 2.56 bits per heavy atom. The Hall–Kier alpha value is -3.53. The van der Waals surface area contributed by atoms with Crippen molar-refractivity contribution in [2.75, 3.05) is 31.1 Å². The number of nitrogens with one attached hydrogen (secondary N) is 1. The lowest BCUT2D eigenvalue weighted by Gasteiger charge is -2.35. The molecule has 3 aromatic rings. The first-order chi connectivity index (χ1) is 19.5. The molecule has 2 aromatic carbocycles. The van der Waals surface area contributed by atoms with Gasteiger partial charge in [0.05, 0.1) is 27.1 Å². The molecule has 15 heteroatoms. The summed E-state index contributed by atoms with van der Waals surface area (Å²) in [4.78, 5) is 35.1. The van der Waals surface area contributed by atoms with Crippen LogP contribution in [0.25, 0.3) is 10.4 Å². The second-order valence-corrected chi connectivity index (χ2v) is 12.7. The van der Waals surface area contributed by atoms with Crippen LogP contribution in [0.15, 0.2) is 53.0 Å². The third-order valence-electron chi connectivity index (χ3n) is 6.35. The number of halogens is 1. The van der Waals surface area contributed by atoms with Crippen molar-refractivity contribution < 1.29 is 37.5 Å². The number of anilines is 1. The fraction of sp³-hybridized carbons (Fsp3) is 0.308. The fourth-order valence-corrected chi connectivity index (χ4v) is 8.42. The number of nitro benzene ring substituents is 1. The highest BCUT2D eigenvalue weighted by Crippen LogP contribution is 2.47. The minimum atomic E-state index is -4.10. The van der Waals surface area contributed by atoms with E-state index in [9.17, 15) is 28.1 Å². The smallest absolute Gasteiger partial charge is 0.351 e. The molecule has 218 valence electrons. The van der Waals surface area contributed by atoms with E-state index < -0.39 is 45.3 Å². The molecule has 2 N–H and O–H groups in total. The van der Waals surface area contributed by atoms with Crippen LogP contribution in [-0.4, -0.2) is 63.2 Å². The molecule has 0 atom stereocenters. The number of carboxylic acid groups (broad SMARTS) is 1. The van der Waals surface area contributed by atoms with Gasteiger partial charge in [-0.25, -0.2) is 18.0 Å². The maximum atomic E-state index is 14.0. The number of rotatable bonds is 11. The van der Waals surface area contributed by atoms with Crippen molar-refractivity contribution >= 4 is 60.6 Å². The molecule has 0 unspecified atom stereocenters. The van der Waals surface area contributed by atoms with Crippen LogP contribution < -0.4 is 14.4 Å². The van der Waals surface area contributed by atoms with Crippen molar-refractivity contribution in [2.45, 2.75) is 24.6 Å². The number of esters is 1. The molecule has 0 saturated carbocycles. The summed E-state index contributed by atoms with van der Waals surface area (Å²) < 4.78 is 39.8. The Morgan fingerprint density at radius 1 is 1.20 bits per heavy atom. The van der Waals surface area contributed by atoms with Crippen molar-refractivity contribution in [1.82, 2.24) is 5.32 Å². The van der Waals surface area contributed by atoms with Crippen LogP contribution in [0, 0.1) is 10.1 Å². The fourth-order valence-electron chi connectivity index (χ4n) is 4.57. The van der Waals surface area contributed by atoms with E-state index in [1.807, 2.05) is 0 Å². The van der Waals surface area contributed by atoms with E-state index in [4.69, 9.17) is 14.6 Å². The molecule has 1 aliphatic heterocycles. The summed E-state index contributed by atoms with van der Waals surface area (Å²) >= 11 is 4.41. The third-order valence-corrected chi connectivity index (χ3v) is 10.4. The number of sulfonamides is 1. The SMILES string of the molecule is COC(=O)c1sc(-c2cccc(N(C3CCNCC3)S(=O)(=O)Cc3ccccc3[N+](=O)[O-])c2)c(Br)c1OCC(=O)O. The summed E-state index contributed by atoms with van der Waals surface area (Å²) in [5.41, 5.74) is 0.689. The number of piperidine rings is 1. The molecule has 41 heavy (non-hydrogen) atoms. The first-order valence-corrected chi connectivity index (χ1v) is 15.6. The number of aliphatic carboxylic acids is 1. The molecular weight excluding hydrogens is 642 g/mol. The van der Waals surface area contributed by atoms with Crippen molar-refractivity contribution in [3.63, 3.8) is 0 Å². The predicted molar refractivity (Wildman–Crippen MR) is 156 cm³/mol. The number of nitro groups is 1. The standard InChI is InChI=1S/C26H26BrN3O9S2/c1-38-26(33)25-23(39-14-21(31)32)22(27)24(40-25)16-6-4-7-19(13-16)29(18-9-11-28-12-10-18)41(36,37)15-17-5-2-3-8-20(17)30(34)35/h2-8,13,18,28H,9-12,14-15H2,1H3,(H,31,32). The zero-order chi connectivity index (χ0) is 29.7. The van der Waals surface area contributed by atoms with Gasteiger partial charge in [0, 0.05) is 17.7 Å². The minimum absolute atomic E-state index is 0.00359. The number of nitrogens with zero attached hydrogens (tertiary/aromatic N) is 2. The number of thiophene rings is 1. The van der Waals surface area contributed by atoms with Gasteiger partial charge in [-0.1, -0.05) is 30.3 Å². The summed E-state index contributed by atoms with van der Waals surface area (Å²) in [6.07, 6.45) is 1.06. The number of carbonyl (C=O) groups excluding carboxylic acids is 1. The first-order valence-electron chi connectivity index (χ1n) is 12.3. The molecule has 1 saturated heterocycles. The second kappa shape index (κ2) is 13.0. The monoisotopic (exact) mass is 667 g/mol. The Kier molecular flexibility index (Phi) is 9.63. The number of carbonyl (C=O) groups is 2. The molecule has 4 rings (SSSR count). The van der Waals surface area contributed by atoms with Gasteiger partial charge in [-0.15, -0.1) is 11.3 Å². The van der Waals surface area contributed by atoms with Gasteiger partial charge in [-0.3, -0.25) is 14.4 Å². The molecule has 0 radical (unpaired) electrons. The topological polar surface area (TPSA) is 165 Å². The number of carboxylic acids is 1. The molecule has 1 aromatic heterocycles. The average molecular weight is 669 g/mol. The van der Waals surface area contributed by atoms with Gasteiger partial charge in [-0.2, -0.15) is 0 Å². The maximum absolute atomic E-state index is 14.0. The van der Waals surface area contributed by atoms with Crippen LogP contribution in [0.1, 0.15) is 28.1 Å². The van der Waals surface area contributed by atoms with Gasteiger partial charge in [0.15, 0.2) is 17.2 Å². The highest BCUT2D eigenvalue weighted by Gasteiger charge is 2.34. The Labute approximate surface area is 248 Å². The lowest BCUT2D eigenvalue weighted by molar-refractivity contribution is -0.385. The van der Waals surface area contributed by atoms with Crippen molar-refractivity contribution in [1.29, 1.82) is 0 Å². The van der Waals surface area contributed by atoms with E-state index in [1.165, 1.54) is 29.6 Å². The van der Waals surface area contributed by atoms with Gasteiger partial charge in [0.1, 0.15) is 5.75 Å². The largest absolute Gasteiger partial charge is 0.479 e. The third kappa shape index (κ3) is 6.86. The normalized spacial score (nSPS) is 13.9. The van der Waals surface area contributed by atoms with Crippen molar-refractivity contribution in [3.05, 3.63) is 73.6 Å². The van der Waals surface area contributed by atoms with Crippen LogP contribution in [-0.2, 0) is 25.3 Å². The van der Waals surface area contributed by atoms with Gasteiger partial charge < -0.3 is 19.9 Å². The molecular formula is C26H26BrN3O9S2. The predicted octanol–water partition coefficient (Wildman–Crippen LogP) is 4.42. The number of ether oxygens (including phenoxy) is 2. The summed E-state index contributed by atoms with van der Waals surface area (Å²) in [7, 11) is -2.91. The van der Waals surface area contributed by atoms with E-state index in [0.29, 0.717) is 46.5 Å². The van der Waals surface area contributed by atoms with E-state index in [2.05, 4.69) is 21.2 Å². The van der Waals surface area contributed by atoms with Gasteiger partial charge in [-0.05, 0) is 59.6 Å². The van der Waals surface area contributed by atoms with Crippen molar-refractivity contribution in [2.24, 2.45) is 0 Å². The quantitative estimate of drug-likeness (QED) is 0.170. The lowest BCUT2D eigenvalue weighted by Crippen LogP contribution is -2.46. The van der Waals surface area contributed by atoms with Crippen molar-refractivity contribution in [3.8, 4) is 16.2 Å². The Morgan fingerprint density at radius 2 is 1.90 bits per heavy atom. The molecule has 2 heterocycles. The van der Waals surface area contributed by atoms with Gasteiger partial charge >= 0.3 is 11.9 Å². The highest BCUT2D eigenvalue weighted by atomic mass is 79.9. The molecule has 0 amide bonds. The van der Waals surface area contributed by atoms with Crippen LogP contribution >= 0.6 is 27.3 Å². The summed E-state index contributed by atoms with van der Waals surface area (Å²) in [6.45, 7) is 0.516. The summed E-state index contributed by atoms with van der Waals surface area (Å²) in [5, 5.41) is 23.9. The number of para-hydroxylation sites is 1. The number of hydrogen-bond donors (Lipinski definition) is 2. The Balaban J connectivity index is 1.79. The summed E-state index contributed by atoms with van der Waals surface area (Å²) in [5.74, 6) is -2.52. The van der Waals surface area contributed by atoms with Crippen LogP contribution in [0.5, 0.6) is 5.75 Å². The van der Waals surface area contributed by atoms with Gasteiger partial charge in [0.2, 0.25) is 10.0 Å². The average Bonchev–Trinajstić information content (AvgIpc) is 3.28. The second-order valence-electron chi connectivity index (χ2n) is 9.05. The highest BCUT2D eigenvalue weighted by molar-refractivity contribution is 9.10. The van der Waals surface area contributed by atoms with Crippen LogP contribution in [0.4, 0.5) is 11.4 Å². The molecule has 1 fully saturated rings. The maximum Gasteiger partial charge on any atom is 0.351 e. The molecule has 1 aliphatic rings. The van der Waals surface area contributed by atoms with E-state index in [-0.39, 0.29) is 21.9 Å². The number of benzene rings is 2. The van der Waals surface area contributed by atoms with E-state index >= 15 is 0 Å². The lowest BCUT2D eigenvalue weighted by atomic mass is 10.1. The van der Waals surface area contributed by atoms with E-state index in [1.54, 1.807) is 30.3 Å². The zero-order valence-electron chi connectivity index (χ0n) is 21.7. The molecule has 0 spiro atoms. The Bertz CT molecular complexity index is 1570. The van der Waals surface area contributed by atoms with Crippen LogP contribution in [0.2, 0.25) is 0 Å². The first kappa shape index (κ1) is 30.4. The number of hydrogen-bond acceptors (Lipinski definition) is 10. The summed E-state index contributed by atoms with van der Waals surface area (Å²) in [6, 6.07) is 12.0.